The minimum atomic E-state index is -4.47. The van der Waals surface area contributed by atoms with E-state index in [1.165, 1.54) is 6.07 Å². The molecule has 3 nitrogen and oxygen atoms in total. The highest BCUT2D eigenvalue weighted by atomic mass is 32.1. The molecule has 2 aromatic carbocycles. The lowest BCUT2D eigenvalue weighted by Crippen LogP contribution is -2.54. The number of likely N-dealkylation sites (N-methyl/N-ethyl adjacent to an activating group) is 1. The Morgan fingerprint density at radius 1 is 1.07 bits per heavy atom. The highest BCUT2D eigenvalue weighted by molar-refractivity contribution is 7.80. The number of nitrogens with one attached hydrogen (secondary N) is 2. The van der Waals surface area contributed by atoms with E-state index >= 15 is 0 Å². The lowest BCUT2D eigenvalue weighted by molar-refractivity contribution is -0.153. The molecule has 0 aromatic heterocycles. The Morgan fingerprint density at radius 3 is 2.46 bits per heavy atom. The van der Waals surface area contributed by atoms with Gasteiger partial charge in [-0.25, -0.2) is 0 Å². The fourth-order valence-corrected chi connectivity index (χ4v) is 4.35. The summed E-state index contributed by atoms with van der Waals surface area (Å²) in [5.41, 5.74) is 0.183. The first kappa shape index (κ1) is 20.9. The lowest BCUT2D eigenvalue weighted by Gasteiger charge is -2.37. The Hall–Kier alpha value is -1.86. The standard InChI is InChI=1S/C21H26F3N3S/c1-27(2)18-13-6-5-12-17(18)25-20(28)26-19(21(22,23)24)16-11-7-9-14-8-3-4-10-15(14)16/h3-4,7-11,17-19H,5-6,12-13H2,1-2H3,(H2,25,26,28)/t17-,18-,19-/m0/s1. The van der Waals surface area contributed by atoms with Crippen molar-refractivity contribution in [1.82, 2.24) is 15.5 Å². The van der Waals surface area contributed by atoms with Crippen LogP contribution in [0.15, 0.2) is 42.5 Å². The van der Waals surface area contributed by atoms with Crippen LogP contribution in [0.5, 0.6) is 0 Å². The molecule has 0 bridgehead atoms. The predicted octanol–water partition coefficient (Wildman–Crippen LogP) is 4.78. The van der Waals surface area contributed by atoms with Crippen LogP contribution in [0.25, 0.3) is 10.8 Å². The van der Waals surface area contributed by atoms with E-state index in [0.717, 1.165) is 31.1 Å². The predicted molar refractivity (Wildman–Crippen MR) is 111 cm³/mol. The summed E-state index contributed by atoms with van der Waals surface area (Å²) in [7, 11) is 3.99. The van der Waals surface area contributed by atoms with E-state index in [4.69, 9.17) is 12.2 Å². The second kappa shape index (κ2) is 8.66. The molecule has 1 aliphatic rings. The Bertz CT molecular complexity index is 817. The van der Waals surface area contributed by atoms with Crippen LogP contribution in [-0.2, 0) is 0 Å². The monoisotopic (exact) mass is 409 g/mol. The van der Waals surface area contributed by atoms with E-state index in [0.29, 0.717) is 5.39 Å². The summed E-state index contributed by atoms with van der Waals surface area (Å²) in [6.45, 7) is 0. The summed E-state index contributed by atoms with van der Waals surface area (Å²) < 4.78 is 41.8. The molecule has 3 atom stereocenters. The van der Waals surface area contributed by atoms with Gasteiger partial charge in [0, 0.05) is 12.1 Å². The number of rotatable bonds is 4. The molecule has 1 aliphatic carbocycles. The summed E-state index contributed by atoms with van der Waals surface area (Å²) in [6.07, 6.45) is -0.378. The topological polar surface area (TPSA) is 27.3 Å². The Labute approximate surface area is 169 Å². The van der Waals surface area contributed by atoms with Crippen molar-refractivity contribution in [2.75, 3.05) is 14.1 Å². The molecule has 152 valence electrons. The average Bonchev–Trinajstić information content (AvgIpc) is 2.65. The molecule has 0 amide bonds. The van der Waals surface area contributed by atoms with Crippen LogP contribution >= 0.6 is 12.2 Å². The number of hydrogen-bond acceptors (Lipinski definition) is 2. The number of benzene rings is 2. The average molecular weight is 410 g/mol. The van der Waals surface area contributed by atoms with Gasteiger partial charge in [0.05, 0.1) is 0 Å². The highest BCUT2D eigenvalue weighted by Gasteiger charge is 2.42. The first-order valence-electron chi connectivity index (χ1n) is 9.55. The van der Waals surface area contributed by atoms with E-state index < -0.39 is 12.2 Å². The minimum Gasteiger partial charge on any atom is -0.358 e. The van der Waals surface area contributed by atoms with Gasteiger partial charge in [0.1, 0.15) is 0 Å². The van der Waals surface area contributed by atoms with Gasteiger partial charge in [-0.05, 0) is 55.5 Å². The van der Waals surface area contributed by atoms with Crippen molar-refractivity contribution in [3.05, 3.63) is 48.0 Å². The molecule has 0 saturated heterocycles. The van der Waals surface area contributed by atoms with Crippen LogP contribution in [-0.4, -0.2) is 42.4 Å². The number of thiocarbonyl (C=S) groups is 1. The summed E-state index contributed by atoms with van der Waals surface area (Å²) in [5, 5.41) is 7.10. The van der Waals surface area contributed by atoms with Crippen molar-refractivity contribution >= 4 is 28.1 Å². The van der Waals surface area contributed by atoms with Crippen molar-refractivity contribution in [1.29, 1.82) is 0 Å². The van der Waals surface area contributed by atoms with Crippen molar-refractivity contribution < 1.29 is 13.2 Å². The minimum absolute atomic E-state index is 0.0464. The van der Waals surface area contributed by atoms with Gasteiger partial charge in [0.15, 0.2) is 11.2 Å². The molecule has 0 spiro atoms. The van der Waals surface area contributed by atoms with Gasteiger partial charge in [-0.1, -0.05) is 55.3 Å². The van der Waals surface area contributed by atoms with Crippen molar-refractivity contribution in [2.45, 2.75) is 50.0 Å². The molecule has 0 unspecified atom stereocenters. The molecule has 3 rings (SSSR count). The third-order valence-corrected chi connectivity index (χ3v) is 5.68. The number of alkyl halides is 3. The first-order valence-corrected chi connectivity index (χ1v) is 9.96. The first-order chi connectivity index (χ1) is 13.3. The fourth-order valence-electron chi connectivity index (χ4n) is 4.08. The molecule has 0 aliphatic heterocycles. The largest absolute Gasteiger partial charge is 0.412 e. The molecular formula is C21H26F3N3S. The molecule has 0 radical (unpaired) electrons. The molecule has 7 heteroatoms. The van der Waals surface area contributed by atoms with Crippen LogP contribution in [0.4, 0.5) is 13.2 Å². The van der Waals surface area contributed by atoms with Gasteiger partial charge in [-0.15, -0.1) is 0 Å². The summed E-state index contributed by atoms with van der Waals surface area (Å²) in [5.74, 6) is 0. The number of fused-ring (bicyclic) bond motifs is 1. The molecule has 1 saturated carbocycles. The van der Waals surface area contributed by atoms with Crippen molar-refractivity contribution in [2.24, 2.45) is 0 Å². The van der Waals surface area contributed by atoms with Gasteiger partial charge in [0.25, 0.3) is 0 Å². The van der Waals surface area contributed by atoms with E-state index in [1.54, 1.807) is 18.2 Å². The summed E-state index contributed by atoms with van der Waals surface area (Å²) in [6, 6.07) is 10.5. The lowest BCUT2D eigenvalue weighted by atomic mass is 9.89. The van der Waals surface area contributed by atoms with Gasteiger partial charge >= 0.3 is 6.18 Å². The Kier molecular flexibility index (Phi) is 6.45. The number of nitrogens with zero attached hydrogens (tertiary/aromatic N) is 1. The van der Waals surface area contributed by atoms with E-state index in [-0.39, 0.29) is 22.8 Å². The van der Waals surface area contributed by atoms with E-state index in [1.807, 2.05) is 32.3 Å². The van der Waals surface area contributed by atoms with Crippen LogP contribution in [0, 0.1) is 0 Å². The Balaban J connectivity index is 1.82. The van der Waals surface area contributed by atoms with Gasteiger partial charge in [0.2, 0.25) is 0 Å². The molecule has 2 N–H and O–H groups in total. The van der Waals surface area contributed by atoms with Gasteiger partial charge in [-0.3, -0.25) is 0 Å². The Morgan fingerprint density at radius 2 is 1.75 bits per heavy atom. The van der Waals surface area contributed by atoms with Crippen molar-refractivity contribution in [3.63, 3.8) is 0 Å². The third kappa shape index (κ3) is 4.75. The van der Waals surface area contributed by atoms with Crippen LogP contribution in [0.3, 0.4) is 0 Å². The smallest absolute Gasteiger partial charge is 0.358 e. The maximum absolute atomic E-state index is 13.9. The second-order valence-corrected chi connectivity index (χ2v) is 7.99. The third-order valence-electron chi connectivity index (χ3n) is 5.45. The van der Waals surface area contributed by atoms with E-state index in [2.05, 4.69) is 15.5 Å². The van der Waals surface area contributed by atoms with Gasteiger partial charge in [-0.2, -0.15) is 13.2 Å². The molecule has 28 heavy (non-hydrogen) atoms. The van der Waals surface area contributed by atoms with Gasteiger partial charge < -0.3 is 15.5 Å². The maximum Gasteiger partial charge on any atom is 0.412 e. The molecule has 0 heterocycles. The quantitative estimate of drug-likeness (QED) is 0.711. The molecular weight excluding hydrogens is 383 g/mol. The van der Waals surface area contributed by atoms with Crippen LogP contribution < -0.4 is 10.6 Å². The van der Waals surface area contributed by atoms with E-state index in [9.17, 15) is 13.2 Å². The molecule has 2 aromatic rings. The van der Waals surface area contributed by atoms with Crippen LogP contribution in [0.2, 0.25) is 0 Å². The van der Waals surface area contributed by atoms with Crippen LogP contribution in [0.1, 0.15) is 37.3 Å². The highest BCUT2D eigenvalue weighted by Crippen LogP contribution is 2.36. The van der Waals surface area contributed by atoms with Crippen molar-refractivity contribution in [3.8, 4) is 0 Å². The zero-order chi connectivity index (χ0) is 20.3. The number of hydrogen-bond donors (Lipinski definition) is 2. The summed E-state index contributed by atoms with van der Waals surface area (Å²) >= 11 is 5.30. The molecule has 1 fully saturated rings. The maximum atomic E-state index is 13.9. The zero-order valence-electron chi connectivity index (χ0n) is 16.1. The second-order valence-electron chi connectivity index (χ2n) is 7.58. The summed E-state index contributed by atoms with van der Waals surface area (Å²) in [4.78, 5) is 2.12. The zero-order valence-corrected chi connectivity index (χ0v) is 16.9. The number of halogens is 3. The SMILES string of the molecule is CN(C)[C@H]1CCCC[C@@H]1NC(=S)N[C@@H](c1cccc2ccccc12)C(F)(F)F. The fraction of sp³-hybridized carbons (Fsp3) is 0.476. The normalized spacial score (nSPS) is 21.5.